The van der Waals surface area contributed by atoms with Crippen molar-refractivity contribution in [3.63, 3.8) is 0 Å². The van der Waals surface area contributed by atoms with Gasteiger partial charge in [0.1, 0.15) is 19.5 Å². The molecule has 0 aliphatic carbocycles. The van der Waals surface area contributed by atoms with E-state index in [9.17, 15) is 4.79 Å². The Labute approximate surface area is 157 Å². The summed E-state index contributed by atoms with van der Waals surface area (Å²) in [5, 5.41) is 2.89. The highest BCUT2D eigenvalue weighted by atomic mass is 16.6. The minimum Gasteiger partial charge on any atom is -0.486 e. The quantitative estimate of drug-likeness (QED) is 0.751. The standard InChI is InChI=1S/C21H20N2O4/c1-14-2-4-15(5-3-14)21-23-17(13-27-21)8-9-22-20(24)16-6-7-18-19(12-16)26-11-10-25-18/h2-7,12-13H,8-11H2,1H3,(H,22,24). The van der Waals surface area contributed by atoms with Crippen molar-refractivity contribution in [1.29, 1.82) is 0 Å². The number of carbonyl (C=O) groups excluding carboxylic acids is 1. The number of rotatable bonds is 5. The summed E-state index contributed by atoms with van der Waals surface area (Å²) in [4.78, 5) is 16.8. The SMILES string of the molecule is Cc1ccc(-c2nc(CCNC(=O)c3ccc4c(c3)OCCO4)co2)cc1. The van der Waals surface area contributed by atoms with Gasteiger partial charge in [0.15, 0.2) is 11.5 Å². The number of aromatic nitrogens is 1. The molecule has 0 unspecified atom stereocenters. The summed E-state index contributed by atoms with van der Waals surface area (Å²) in [6.07, 6.45) is 2.22. The second kappa shape index (κ2) is 7.53. The van der Waals surface area contributed by atoms with Crippen molar-refractivity contribution in [3.05, 3.63) is 65.5 Å². The van der Waals surface area contributed by atoms with Gasteiger partial charge in [-0.15, -0.1) is 0 Å². The molecule has 6 heteroatoms. The van der Waals surface area contributed by atoms with Crippen LogP contribution in [-0.2, 0) is 6.42 Å². The zero-order valence-corrected chi connectivity index (χ0v) is 15.0. The molecule has 0 radical (unpaired) electrons. The Morgan fingerprint density at radius 3 is 2.67 bits per heavy atom. The molecule has 2 heterocycles. The van der Waals surface area contributed by atoms with Gasteiger partial charge in [0.25, 0.3) is 5.91 Å². The van der Waals surface area contributed by atoms with E-state index in [1.54, 1.807) is 24.5 Å². The second-order valence-electron chi connectivity index (χ2n) is 6.37. The van der Waals surface area contributed by atoms with E-state index in [0.29, 0.717) is 49.1 Å². The van der Waals surface area contributed by atoms with E-state index in [0.717, 1.165) is 11.3 Å². The van der Waals surface area contributed by atoms with Crippen molar-refractivity contribution in [1.82, 2.24) is 10.3 Å². The molecule has 1 N–H and O–H groups in total. The van der Waals surface area contributed by atoms with Crippen LogP contribution in [-0.4, -0.2) is 30.6 Å². The predicted octanol–water partition coefficient (Wildman–Crippen LogP) is 3.39. The Hall–Kier alpha value is -3.28. The van der Waals surface area contributed by atoms with Gasteiger partial charge in [0.05, 0.1) is 5.69 Å². The Kier molecular flexibility index (Phi) is 4.78. The van der Waals surface area contributed by atoms with Crippen LogP contribution in [0.5, 0.6) is 11.5 Å². The summed E-state index contributed by atoms with van der Waals surface area (Å²) in [5.41, 5.74) is 3.47. The summed E-state index contributed by atoms with van der Waals surface area (Å²) >= 11 is 0. The number of aryl methyl sites for hydroxylation is 1. The van der Waals surface area contributed by atoms with Crippen LogP contribution in [0.1, 0.15) is 21.6 Å². The van der Waals surface area contributed by atoms with E-state index in [1.807, 2.05) is 31.2 Å². The molecule has 0 saturated carbocycles. The highest BCUT2D eigenvalue weighted by Gasteiger charge is 2.15. The number of carbonyl (C=O) groups is 1. The van der Waals surface area contributed by atoms with Crippen molar-refractivity contribution < 1.29 is 18.7 Å². The van der Waals surface area contributed by atoms with Gasteiger partial charge in [-0.2, -0.15) is 0 Å². The first-order chi connectivity index (χ1) is 13.2. The number of oxazole rings is 1. The highest BCUT2D eigenvalue weighted by Crippen LogP contribution is 2.30. The van der Waals surface area contributed by atoms with Crippen molar-refractivity contribution in [2.75, 3.05) is 19.8 Å². The minimum atomic E-state index is -0.158. The normalized spacial score (nSPS) is 12.6. The van der Waals surface area contributed by atoms with E-state index < -0.39 is 0 Å². The number of benzene rings is 2. The number of hydrogen-bond acceptors (Lipinski definition) is 5. The van der Waals surface area contributed by atoms with E-state index in [4.69, 9.17) is 13.9 Å². The van der Waals surface area contributed by atoms with Gasteiger partial charge >= 0.3 is 0 Å². The Morgan fingerprint density at radius 2 is 1.85 bits per heavy atom. The van der Waals surface area contributed by atoms with Crippen LogP contribution < -0.4 is 14.8 Å². The average molecular weight is 364 g/mol. The molecule has 3 aromatic rings. The minimum absolute atomic E-state index is 0.158. The fourth-order valence-electron chi connectivity index (χ4n) is 2.84. The van der Waals surface area contributed by atoms with Crippen molar-refractivity contribution >= 4 is 5.91 Å². The molecular weight excluding hydrogens is 344 g/mol. The lowest BCUT2D eigenvalue weighted by molar-refractivity contribution is 0.0953. The fraction of sp³-hybridized carbons (Fsp3) is 0.238. The third-order valence-electron chi connectivity index (χ3n) is 4.32. The molecule has 138 valence electrons. The van der Waals surface area contributed by atoms with Crippen LogP contribution in [0.2, 0.25) is 0 Å². The lowest BCUT2D eigenvalue weighted by Crippen LogP contribution is -2.26. The maximum absolute atomic E-state index is 12.3. The van der Waals surface area contributed by atoms with Crippen molar-refractivity contribution in [2.24, 2.45) is 0 Å². The average Bonchev–Trinajstić information content (AvgIpc) is 3.17. The van der Waals surface area contributed by atoms with E-state index >= 15 is 0 Å². The summed E-state index contributed by atoms with van der Waals surface area (Å²) < 4.78 is 16.5. The lowest BCUT2D eigenvalue weighted by atomic mass is 10.1. The smallest absolute Gasteiger partial charge is 0.251 e. The van der Waals surface area contributed by atoms with Crippen LogP contribution in [0.25, 0.3) is 11.5 Å². The number of fused-ring (bicyclic) bond motifs is 1. The van der Waals surface area contributed by atoms with Gasteiger partial charge in [0, 0.05) is 24.1 Å². The summed E-state index contributed by atoms with van der Waals surface area (Å²) in [6, 6.07) is 13.2. The van der Waals surface area contributed by atoms with Crippen molar-refractivity contribution in [3.8, 4) is 23.0 Å². The zero-order chi connectivity index (χ0) is 18.6. The molecule has 6 nitrogen and oxygen atoms in total. The molecular formula is C21H20N2O4. The molecule has 2 aromatic carbocycles. The first kappa shape index (κ1) is 17.1. The first-order valence-corrected chi connectivity index (χ1v) is 8.88. The van der Waals surface area contributed by atoms with E-state index in [2.05, 4.69) is 10.3 Å². The largest absolute Gasteiger partial charge is 0.486 e. The number of nitrogens with one attached hydrogen (secondary N) is 1. The zero-order valence-electron chi connectivity index (χ0n) is 15.0. The number of ether oxygens (including phenoxy) is 2. The van der Waals surface area contributed by atoms with Gasteiger partial charge in [-0.25, -0.2) is 4.98 Å². The molecule has 1 aliphatic heterocycles. The lowest BCUT2D eigenvalue weighted by Gasteiger charge is -2.18. The van der Waals surface area contributed by atoms with Gasteiger partial charge in [-0.3, -0.25) is 4.79 Å². The molecule has 1 amide bonds. The molecule has 0 fully saturated rings. The molecule has 4 rings (SSSR count). The third kappa shape index (κ3) is 3.95. The van der Waals surface area contributed by atoms with Gasteiger partial charge in [0.2, 0.25) is 5.89 Å². The first-order valence-electron chi connectivity index (χ1n) is 8.88. The van der Waals surface area contributed by atoms with Gasteiger partial charge < -0.3 is 19.2 Å². The van der Waals surface area contributed by atoms with Crippen LogP contribution in [0.15, 0.2) is 53.1 Å². The topological polar surface area (TPSA) is 73.6 Å². The fourth-order valence-corrected chi connectivity index (χ4v) is 2.84. The van der Waals surface area contributed by atoms with Crippen LogP contribution in [0.4, 0.5) is 0 Å². The maximum atomic E-state index is 12.3. The molecule has 0 spiro atoms. The molecule has 27 heavy (non-hydrogen) atoms. The van der Waals surface area contributed by atoms with Crippen LogP contribution in [0, 0.1) is 6.92 Å². The predicted molar refractivity (Wildman–Crippen MR) is 100 cm³/mol. The molecule has 1 aliphatic rings. The third-order valence-corrected chi connectivity index (χ3v) is 4.32. The summed E-state index contributed by atoms with van der Waals surface area (Å²) in [6.45, 7) is 3.52. The molecule has 0 saturated heterocycles. The van der Waals surface area contributed by atoms with Crippen LogP contribution >= 0.6 is 0 Å². The molecule has 0 atom stereocenters. The summed E-state index contributed by atoms with van der Waals surface area (Å²) in [5.74, 6) is 1.70. The van der Waals surface area contributed by atoms with Crippen LogP contribution in [0.3, 0.4) is 0 Å². The highest BCUT2D eigenvalue weighted by molar-refractivity contribution is 5.94. The van der Waals surface area contributed by atoms with Gasteiger partial charge in [-0.05, 0) is 37.3 Å². The maximum Gasteiger partial charge on any atom is 0.251 e. The second-order valence-corrected chi connectivity index (χ2v) is 6.37. The monoisotopic (exact) mass is 364 g/mol. The summed E-state index contributed by atoms with van der Waals surface area (Å²) in [7, 11) is 0. The Balaban J connectivity index is 1.33. The number of amides is 1. The van der Waals surface area contributed by atoms with E-state index in [-0.39, 0.29) is 5.91 Å². The van der Waals surface area contributed by atoms with Gasteiger partial charge in [-0.1, -0.05) is 17.7 Å². The van der Waals surface area contributed by atoms with Crippen molar-refractivity contribution in [2.45, 2.75) is 13.3 Å². The molecule has 0 bridgehead atoms. The number of hydrogen-bond donors (Lipinski definition) is 1. The van der Waals surface area contributed by atoms with E-state index in [1.165, 1.54) is 5.56 Å². The molecule has 1 aromatic heterocycles. The Bertz CT molecular complexity index is 947. The Morgan fingerprint density at radius 1 is 1.07 bits per heavy atom. The number of nitrogens with zero attached hydrogens (tertiary/aromatic N) is 1.